The maximum atomic E-state index is 13.9. The quantitative estimate of drug-likeness (QED) is 0.512. The number of nitrogens with zero attached hydrogens (tertiary/aromatic N) is 1. The second kappa shape index (κ2) is 8.00. The molecule has 0 bridgehead atoms. The van der Waals surface area contributed by atoms with E-state index in [0.29, 0.717) is 5.75 Å². The summed E-state index contributed by atoms with van der Waals surface area (Å²) in [6, 6.07) is 8.05. The van der Waals surface area contributed by atoms with E-state index in [1.807, 2.05) is 0 Å². The standard InChI is InChI=1S/C17H14F2N2O4/c1-24-15-6-4-3-5-11(15)16(22)21-20-9-12-13(18)7-10(8-14(12)19)17(23)25-2/h3-9H,1-2H3,(H,21,22)/b20-9+. The van der Waals surface area contributed by atoms with Gasteiger partial charge in [-0.25, -0.2) is 19.0 Å². The lowest BCUT2D eigenvalue weighted by atomic mass is 10.1. The lowest BCUT2D eigenvalue weighted by Crippen LogP contribution is -2.18. The van der Waals surface area contributed by atoms with Gasteiger partial charge in [-0.2, -0.15) is 5.10 Å². The maximum absolute atomic E-state index is 13.9. The number of halogens is 2. The van der Waals surface area contributed by atoms with Crippen LogP contribution in [0.1, 0.15) is 26.3 Å². The van der Waals surface area contributed by atoms with Gasteiger partial charge in [-0.3, -0.25) is 4.79 Å². The van der Waals surface area contributed by atoms with Crippen LogP contribution in [0.25, 0.3) is 0 Å². The smallest absolute Gasteiger partial charge is 0.338 e. The zero-order chi connectivity index (χ0) is 18.4. The number of benzene rings is 2. The first-order chi connectivity index (χ1) is 12.0. The number of ether oxygens (including phenoxy) is 2. The number of hydrogen-bond acceptors (Lipinski definition) is 5. The van der Waals surface area contributed by atoms with Crippen molar-refractivity contribution in [1.29, 1.82) is 0 Å². The van der Waals surface area contributed by atoms with Gasteiger partial charge in [0.15, 0.2) is 0 Å². The Morgan fingerprint density at radius 1 is 1.12 bits per heavy atom. The fraction of sp³-hybridized carbons (Fsp3) is 0.118. The second-order valence-electron chi connectivity index (χ2n) is 4.74. The number of methoxy groups -OCH3 is 2. The first-order valence-electron chi connectivity index (χ1n) is 7.01. The summed E-state index contributed by atoms with van der Waals surface area (Å²) < 4.78 is 37.2. The molecule has 2 aromatic rings. The Hall–Kier alpha value is -3.29. The highest BCUT2D eigenvalue weighted by molar-refractivity contribution is 5.97. The Balaban J connectivity index is 2.17. The molecule has 0 saturated heterocycles. The molecule has 1 amide bonds. The van der Waals surface area contributed by atoms with Crippen LogP contribution in [-0.2, 0) is 4.74 Å². The summed E-state index contributed by atoms with van der Waals surface area (Å²) >= 11 is 0. The predicted molar refractivity (Wildman–Crippen MR) is 85.8 cm³/mol. The molecular weight excluding hydrogens is 334 g/mol. The molecule has 0 aliphatic rings. The molecule has 0 atom stereocenters. The molecular formula is C17H14F2N2O4. The van der Waals surface area contributed by atoms with Gasteiger partial charge in [0.2, 0.25) is 0 Å². The van der Waals surface area contributed by atoms with Crippen LogP contribution >= 0.6 is 0 Å². The van der Waals surface area contributed by atoms with E-state index in [1.54, 1.807) is 18.2 Å². The number of rotatable bonds is 5. The van der Waals surface area contributed by atoms with Crippen molar-refractivity contribution in [3.05, 3.63) is 64.7 Å². The highest BCUT2D eigenvalue weighted by Gasteiger charge is 2.15. The van der Waals surface area contributed by atoms with Crippen LogP contribution in [-0.4, -0.2) is 32.3 Å². The van der Waals surface area contributed by atoms with Crippen LogP contribution < -0.4 is 10.2 Å². The number of carbonyl (C=O) groups excluding carboxylic acids is 2. The number of para-hydroxylation sites is 1. The van der Waals surface area contributed by atoms with Gasteiger partial charge in [0.05, 0.1) is 37.1 Å². The third-order valence-corrected chi connectivity index (χ3v) is 3.21. The molecule has 130 valence electrons. The number of nitrogens with one attached hydrogen (secondary N) is 1. The average Bonchev–Trinajstić information content (AvgIpc) is 2.62. The van der Waals surface area contributed by atoms with Crippen LogP contribution in [0.2, 0.25) is 0 Å². The summed E-state index contributed by atoms with van der Waals surface area (Å²) in [6.45, 7) is 0. The average molecular weight is 348 g/mol. The number of carbonyl (C=O) groups is 2. The fourth-order valence-electron chi connectivity index (χ4n) is 1.99. The first kappa shape index (κ1) is 18.1. The van der Waals surface area contributed by atoms with Gasteiger partial charge in [0, 0.05) is 0 Å². The lowest BCUT2D eigenvalue weighted by molar-refractivity contribution is 0.0599. The molecule has 2 rings (SSSR count). The molecule has 6 nitrogen and oxygen atoms in total. The van der Waals surface area contributed by atoms with E-state index in [0.717, 1.165) is 25.5 Å². The Kier molecular flexibility index (Phi) is 5.78. The van der Waals surface area contributed by atoms with Gasteiger partial charge in [0.25, 0.3) is 5.91 Å². The third-order valence-electron chi connectivity index (χ3n) is 3.21. The highest BCUT2D eigenvalue weighted by atomic mass is 19.1. The summed E-state index contributed by atoms with van der Waals surface area (Å²) in [5, 5.41) is 3.53. The van der Waals surface area contributed by atoms with Gasteiger partial charge >= 0.3 is 5.97 Å². The molecule has 8 heteroatoms. The van der Waals surface area contributed by atoms with Crippen molar-refractivity contribution >= 4 is 18.1 Å². The summed E-state index contributed by atoms with van der Waals surface area (Å²) in [7, 11) is 2.50. The van der Waals surface area contributed by atoms with E-state index in [9.17, 15) is 18.4 Å². The van der Waals surface area contributed by atoms with Crippen LogP contribution in [0.15, 0.2) is 41.5 Å². The summed E-state index contributed by atoms with van der Waals surface area (Å²) in [6.07, 6.45) is 0.805. The van der Waals surface area contributed by atoms with Crippen molar-refractivity contribution in [3.8, 4) is 5.75 Å². The van der Waals surface area contributed by atoms with Crippen molar-refractivity contribution < 1.29 is 27.8 Å². The van der Waals surface area contributed by atoms with Gasteiger partial charge in [-0.1, -0.05) is 12.1 Å². The largest absolute Gasteiger partial charge is 0.496 e. The fourth-order valence-corrected chi connectivity index (χ4v) is 1.99. The number of hydrazone groups is 1. The van der Waals surface area contributed by atoms with E-state index < -0.39 is 29.1 Å². The normalized spacial score (nSPS) is 10.6. The molecule has 0 heterocycles. The van der Waals surface area contributed by atoms with E-state index >= 15 is 0 Å². The maximum Gasteiger partial charge on any atom is 0.338 e. The number of hydrogen-bond donors (Lipinski definition) is 1. The first-order valence-corrected chi connectivity index (χ1v) is 7.01. The van der Waals surface area contributed by atoms with Gasteiger partial charge in [-0.05, 0) is 24.3 Å². The Morgan fingerprint density at radius 3 is 2.36 bits per heavy atom. The molecule has 0 aliphatic heterocycles. The Morgan fingerprint density at radius 2 is 1.76 bits per heavy atom. The van der Waals surface area contributed by atoms with Crippen LogP contribution in [0.4, 0.5) is 8.78 Å². The minimum atomic E-state index is -1.02. The van der Waals surface area contributed by atoms with Gasteiger partial charge < -0.3 is 9.47 Å². The van der Waals surface area contributed by atoms with Crippen molar-refractivity contribution in [3.63, 3.8) is 0 Å². The summed E-state index contributed by atoms with van der Waals surface area (Å²) in [5.41, 5.74) is 1.59. The molecule has 0 fully saturated rings. The SMILES string of the molecule is COC(=O)c1cc(F)c(/C=N/NC(=O)c2ccccc2OC)c(F)c1. The topological polar surface area (TPSA) is 77.0 Å². The van der Waals surface area contributed by atoms with Crippen molar-refractivity contribution in [1.82, 2.24) is 5.43 Å². The molecule has 0 radical (unpaired) electrons. The predicted octanol–water partition coefficient (Wildman–Crippen LogP) is 2.52. The zero-order valence-corrected chi connectivity index (χ0v) is 13.4. The van der Waals surface area contributed by atoms with E-state index in [2.05, 4.69) is 15.3 Å². The summed E-state index contributed by atoms with van der Waals surface area (Å²) in [4.78, 5) is 23.3. The molecule has 0 unspecified atom stereocenters. The van der Waals surface area contributed by atoms with Crippen molar-refractivity contribution in [2.75, 3.05) is 14.2 Å². The third kappa shape index (κ3) is 4.17. The van der Waals surface area contributed by atoms with Crippen LogP contribution in [0, 0.1) is 11.6 Å². The zero-order valence-electron chi connectivity index (χ0n) is 13.4. The molecule has 0 aromatic heterocycles. The molecule has 2 aromatic carbocycles. The Bertz CT molecular complexity index is 814. The second-order valence-corrected chi connectivity index (χ2v) is 4.74. The minimum Gasteiger partial charge on any atom is -0.496 e. The van der Waals surface area contributed by atoms with Crippen LogP contribution in [0.3, 0.4) is 0 Å². The van der Waals surface area contributed by atoms with Crippen molar-refractivity contribution in [2.45, 2.75) is 0 Å². The monoisotopic (exact) mass is 348 g/mol. The van der Waals surface area contributed by atoms with E-state index in [4.69, 9.17) is 4.74 Å². The molecule has 1 N–H and O–H groups in total. The molecule has 0 aliphatic carbocycles. The van der Waals surface area contributed by atoms with Gasteiger partial charge in [-0.15, -0.1) is 0 Å². The number of amides is 1. The minimum absolute atomic E-state index is 0.212. The van der Waals surface area contributed by atoms with E-state index in [-0.39, 0.29) is 11.1 Å². The molecule has 0 saturated carbocycles. The lowest BCUT2D eigenvalue weighted by Gasteiger charge is -2.06. The molecule has 25 heavy (non-hydrogen) atoms. The van der Waals surface area contributed by atoms with E-state index in [1.165, 1.54) is 13.2 Å². The van der Waals surface area contributed by atoms with Crippen LogP contribution in [0.5, 0.6) is 5.75 Å². The summed E-state index contributed by atoms with van der Waals surface area (Å²) in [5.74, 6) is -3.19. The van der Waals surface area contributed by atoms with Crippen molar-refractivity contribution in [2.24, 2.45) is 5.10 Å². The van der Waals surface area contributed by atoms with Gasteiger partial charge in [0.1, 0.15) is 17.4 Å². The Labute approximate surface area is 142 Å². The molecule has 0 spiro atoms. The highest BCUT2D eigenvalue weighted by Crippen LogP contribution is 2.17. The number of esters is 1.